The summed E-state index contributed by atoms with van der Waals surface area (Å²) in [5, 5.41) is 0. The molecule has 0 aliphatic carbocycles. The Kier molecular flexibility index (Phi) is 10.2. The summed E-state index contributed by atoms with van der Waals surface area (Å²) in [6.45, 7) is 15.0. The molecule has 0 radical (unpaired) electrons. The van der Waals surface area contributed by atoms with Crippen molar-refractivity contribution in [1.29, 1.82) is 0 Å². The van der Waals surface area contributed by atoms with E-state index < -0.39 is 8.32 Å². The number of nitrogens with zero attached hydrogens (tertiary/aromatic N) is 2. The molecule has 0 aliphatic rings. The fraction of sp³-hybridized carbons (Fsp3) is 0.615. The van der Waals surface area contributed by atoms with Gasteiger partial charge in [-0.2, -0.15) is 0 Å². The number of hydrogen-bond acceptors (Lipinski definition) is 3. The standard InChI is InChI=1S/C26H42N2OSi/c1-21(2)30(22(3)4,23(5)6)29-20-12-18-26-17-11-16-25(28-26)15-8-7-13-24-14-9-10-19-27-24/h9-11,14,16-17,19,21-23H,7-8,12-13,15,18,20H2,1-6H3. The first-order valence-corrected chi connectivity index (χ1v) is 14.0. The molecule has 0 unspecified atom stereocenters. The Morgan fingerprint density at radius 2 is 1.23 bits per heavy atom. The Morgan fingerprint density at radius 3 is 1.77 bits per heavy atom. The van der Waals surface area contributed by atoms with Gasteiger partial charge < -0.3 is 4.43 Å². The summed E-state index contributed by atoms with van der Waals surface area (Å²) in [4.78, 5) is 9.30. The van der Waals surface area contributed by atoms with Gasteiger partial charge in [0.2, 0.25) is 0 Å². The highest BCUT2D eigenvalue weighted by Gasteiger charge is 2.44. The highest BCUT2D eigenvalue weighted by molar-refractivity contribution is 6.77. The molecule has 0 saturated carbocycles. The molecular formula is C26H42N2OSi. The van der Waals surface area contributed by atoms with E-state index in [1.54, 1.807) is 0 Å². The number of hydrogen-bond donors (Lipinski definition) is 0. The lowest BCUT2D eigenvalue weighted by atomic mass is 10.1. The molecule has 166 valence electrons. The largest absolute Gasteiger partial charge is 0.416 e. The predicted octanol–water partition coefficient (Wildman–Crippen LogP) is 7.17. The predicted molar refractivity (Wildman–Crippen MR) is 130 cm³/mol. The van der Waals surface area contributed by atoms with E-state index in [1.165, 1.54) is 17.1 Å². The van der Waals surface area contributed by atoms with Crippen molar-refractivity contribution < 1.29 is 4.43 Å². The number of rotatable bonds is 13. The first-order chi connectivity index (χ1) is 14.4. The van der Waals surface area contributed by atoms with Gasteiger partial charge in [-0.3, -0.25) is 9.97 Å². The minimum absolute atomic E-state index is 0.644. The lowest BCUT2D eigenvalue weighted by molar-refractivity contribution is 0.272. The summed E-state index contributed by atoms with van der Waals surface area (Å²) in [5.41, 5.74) is 5.53. The van der Waals surface area contributed by atoms with Gasteiger partial charge in [0.1, 0.15) is 0 Å². The molecule has 0 fully saturated rings. The topological polar surface area (TPSA) is 35.0 Å². The van der Waals surface area contributed by atoms with Crippen molar-refractivity contribution >= 4 is 8.32 Å². The number of aromatic nitrogens is 2. The first kappa shape index (κ1) is 24.7. The molecule has 2 aromatic rings. The van der Waals surface area contributed by atoms with Gasteiger partial charge in [0.25, 0.3) is 0 Å². The van der Waals surface area contributed by atoms with Crippen LogP contribution in [0.4, 0.5) is 0 Å². The zero-order chi connectivity index (χ0) is 22.0. The van der Waals surface area contributed by atoms with Crippen LogP contribution in [0.1, 0.15) is 77.9 Å². The number of aryl methyl sites for hydroxylation is 3. The van der Waals surface area contributed by atoms with Gasteiger partial charge in [-0.1, -0.05) is 53.7 Å². The summed E-state index contributed by atoms with van der Waals surface area (Å²) in [6.07, 6.45) is 8.33. The first-order valence-electron chi connectivity index (χ1n) is 11.8. The van der Waals surface area contributed by atoms with Gasteiger partial charge in [-0.15, -0.1) is 0 Å². The number of pyridine rings is 2. The van der Waals surface area contributed by atoms with Crippen LogP contribution < -0.4 is 0 Å². The summed E-state index contributed by atoms with van der Waals surface area (Å²) < 4.78 is 6.69. The van der Waals surface area contributed by atoms with Gasteiger partial charge in [0.15, 0.2) is 8.32 Å². The van der Waals surface area contributed by atoms with E-state index in [2.05, 4.69) is 76.9 Å². The van der Waals surface area contributed by atoms with Gasteiger partial charge in [-0.25, -0.2) is 0 Å². The quantitative estimate of drug-likeness (QED) is 0.251. The zero-order valence-electron chi connectivity index (χ0n) is 20.0. The van der Waals surface area contributed by atoms with Crippen LogP contribution in [-0.2, 0) is 23.7 Å². The van der Waals surface area contributed by atoms with E-state index >= 15 is 0 Å². The summed E-state index contributed by atoms with van der Waals surface area (Å²) in [6, 6.07) is 12.6. The van der Waals surface area contributed by atoms with Crippen molar-refractivity contribution in [2.24, 2.45) is 0 Å². The second-order valence-electron chi connectivity index (χ2n) is 9.42. The van der Waals surface area contributed by atoms with E-state index in [-0.39, 0.29) is 0 Å². The molecule has 0 N–H and O–H groups in total. The van der Waals surface area contributed by atoms with E-state index in [0.29, 0.717) is 16.6 Å². The van der Waals surface area contributed by atoms with E-state index in [1.807, 2.05) is 12.3 Å². The Morgan fingerprint density at radius 1 is 0.700 bits per heavy atom. The maximum atomic E-state index is 6.69. The minimum Gasteiger partial charge on any atom is -0.416 e. The molecule has 3 nitrogen and oxygen atoms in total. The van der Waals surface area contributed by atoms with Crippen LogP contribution in [-0.4, -0.2) is 24.9 Å². The summed E-state index contributed by atoms with van der Waals surface area (Å²) in [7, 11) is -1.75. The molecule has 0 spiro atoms. The SMILES string of the molecule is CC(C)[Si](OCCCc1cccc(CCCCc2ccccn2)n1)(C(C)C)C(C)C. The van der Waals surface area contributed by atoms with Crippen LogP contribution in [0.15, 0.2) is 42.6 Å². The lowest BCUT2D eigenvalue weighted by Crippen LogP contribution is -2.48. The molecule has 0 aromatic carbocycles. The lowest BCUT2D eigenvalue weighted by Gasteiger charge is -2.42. The van der Waals surface area contributed by atoms with Crippen LogP contribution >= 0.6 is 0 Å². The van der Waals surface area contributed by atoms with E-state index in [4.69, 9.17) is 9.41 Å². The third-order valence-corrected chi connectivity index (χ3v) is 12.5. The fourth-order valence-electron chi connectivity index (χ4n) is 4.97. The van der Waals surface area contributed by atoms with Gasteiger partial charge >= 0.3 is 0 Å². The molecule has 30 heavy (non-hydrogen) atoms. The van der Waals surface area contributed by atoms with Crippen LogP contribution in [0.5, 0.6) is 0 Å². The molecule has 2 aromatic heterocycles. The van der Waals surface area contributed by atoms with Crippen molar-refractivity contribution in [3.8, 4) is 0 Å². The minimum atomic E-state index is -1.75. The van der Waals surface area contributed by atoms with E-state index in [9.17, 15) is 0 Å². The average Bonchev–Trinajstić information content (AvgIpc) is 2.71. The van der Waals surface area contributed by atoms with E-state index in [0.717, 1.165) is 45.1 Å². The second-order valence-corrected chi connectivity index (χ2v) is 14.9. The zero-order valence-corrected chi connectivity index (χ0v) is 21.0. The molecule has 2 heterocycles. The molecule has 0 aliphatic heterocycles. The number of unbranched alkanes of at least 4 members (excludes halogenated alkanes) is 1. The molecule has 0 atom stereocenters. The Balaban J connectivity index is 1.78. The molecule has 4 heteroatoms. The third kappa shape index (κ3) is 7.02. The maximum Gasteiger partial charge on any atom is 0.200 e. The molecule has 0 amide bonds. The van der Waals surface area contributed by atoms with Crippen LogP contribution in [0.3, 0.4) is 0 Å². The normalized spacial score (nSPS) is 12.3. The van der Waals surface area contributed by atoms with Crippen molar-refractivity contribution in [3.63, 3.8) is 0 Å². The summed E-state index contributed by atoms with van der Waals surface area (Å²) >= 11 is 0. The molecule has 2 rings (SSSR count). The van der Waals surface area contributed by atoms with Crippen LogP contribution in [0.25, 0.3) is 0 Å². The van der Waals surface area contributed by atoms with Crippen molar-refractivity contribution in [2.75, 3.05) is 6.61 Å². The van der Waals surface area contributed by atoms with Crippen LogP contribution in [0, 0.1) is 0 Å². The summed E-state index contributed by atoms with van der Waals surface area (Å²) in [5.74, 6) is 0. The molecule has 0 bridgehead atoms. The van der Waals surface area contributed by atoms with Gasteiger partial charge in [-0.05, 0) is 79.4 Å². The molecular weight excluding hydrogens is 384 g/mol. The van der Waals surface area contributed by atoms with Crippen molar-refractivity contribution in [1.82, 2.24) is 9.97 Å². The fourth-order valence-corrected chi connectivity index (χ4v) is 10.5. The Bertz CT molecular complexity index is 709. The van der Waals surface area contributed by atoms with Gasteiger partial charge in [0.05, 0.1) is 0 Å². The van der Waals surface area contributed by atoms with Gasteiger partial charge in [0, 0.05) is 29.9 Å². The Hall–Kier alpha value is -1.52. The molecule has 0 saturated heterocycles. The monoisotopic (exact) mass is 426 g/mol. The highest BCUT2D eigenvalue weighted by atomic mass is 28.4. The maximum absolute atomic E-state index is 6.69. The average molecular weight is 427 g/mol. The smallest absolute Gasteiger partial charge is 0.200 e. The highest BCUT2D eigenvalue weighted by Crippen LogP contribution is 2.42. The van der Waals surface area contributed by atoms with Crippen LogP contribution in [0.2, 0.25) is 16.6 Å². The second kappa shape index (κ2) is 12.4. The third-order valence-electron chi connectivity index (χ3n) is 6.34. The van der Waals surface area contributed by atoms with Crippen molar-refractivity contribution in [3.05, 3.63) is 59.7 Å². The Labute approximate surface area is 185 Å². The van der Waals surface area contributed by atoms with Crippen molar-refractivity contribution in [2.45, 2.75) is 96.7 Å².